The maximum absolute atomic E-state index is 15.2. The Morgan fingerprint density at radius 2 is 0.923 bits per heavy atom. The molecule has 1 fully saturated rings. The highest BCUT2D eigenvalue weighted by atomic mass is 16.3. The summed E-state index contributed by atoms with van der Waals surface area (Å²) in [5.74, 6) is 0.0349. The van der Waals surface area contributed by atoms with Crippen LogP contribution in [0.5, 0.6) is 11.5 Å². The van der Waals surface area contributed by atoms with Gasteiger partial charge < -0.3 is 10.2 Å². The number of aliphatic imine (C=N–C) groups is 1. The topological polar surface area (TPSA) is 61.7 Å². The number of rotatable bonds is 9. The van der Waals surface area contributed by atoms with Crippen molar-refractivity contribution in [3.63, 3.8) is 0 Å². The van der Waals surface area contributed by atoms with E-state index in [4.69, 9.17) is 4.99 Å². The van der Waals surface area contributed by atoms with Crippen LogP contribution in [-0.2, 0) is 6.54 Å². The molecule has 1 saturated carbocycles. The van der Waals surface area contributed by atoms with E-state index in [1.54, 1.807) is 0 Å². The van der Waals surface area contributed by atoms with Crippen LogP contribution >= 0.6 is 0 Å². The molecule has 4 heteroatoms. The molecule has 2 atom stereocenters. The van der Waals surface area contributed by atoms with Gasteiger partial charge in [0, 0.05) is 18.8 Å². The van der Waals surface area contributed by atoms with Crippen molar-refractivity contribution in [2.24, 2.45) is 4.99 Å². The highest BCUT2D eigenvalue weighted by Crippen LogP contribution is 2.48. The SMILES string of the molecule is CN(Cc1cc2ccccc2c(-c2c(-c3ccccc3)ccc3ccccc23)c1[O-])[C@H]1CCCC[C@@H]1N=Cc1cc2ccccc2c(-c2c(-c3ccccc3)ccc3ccccc23)c1[O-]. The average Bonchev–Trinajstić information content (AvgIpc) is 3.36. The molecule has 0 spiro atoms. The molecule has 0 bridgehead atoms. The molecular weight excluding hydrogens is 793 g/mol. The summed E-state index contributed by atoms with van der Waals surface area (Å²) in [6, 6.07) is 66.8. The van der Waals surface area contributed by atoms with Gasteiger partial charge in [0.2, 0.25) is 0 Å². The minimum Gasteiger partial charge on any atom is -0.872 e. The van der Waals surface area contributed by atoms with Crippen molar-refractivity contribution in [3.05, 3.63) is 205 Å². The molecule has 0 N–H and O–H groups in total. The molecule has 0 unspecified atom stereocenters. The lowest BCUT2D eigenvalue weighted by molar-refractivity contribution is -0.268. The second kappa shape index (κ2) is 17.2. The second-order valence-corrected chi connectivity index (χ2v) is 17.6. The van der Waals surface area contributed by atoms with E-state index in [1.807, 2.05) is 42.6 Å². The molecule has 0 amide bonds. The predicted molar refractivity (Wildman–Crippen MR) is 269 cm³/mol. The van der Waals surface area contributed by atoms with Crippen LogP contribution in [0.2, 0.25) is 0 Å². The van der Waals surface area contributed by atoms with E-state index in [1.165, 1.54) is 0 Å². The minimum absolute atomic E-state index is 0.0234. The molecule has 0 heterocycles. The molecule has 1 aliphatic carbocycles. The quantitative estimate of drug-likeness (QED) is 0.136. The number of fused-ring (bicyclic) bond motifs is 4. The Morgan fingerprint density at radius 1 is 0.477 bits per heavy atom. The van der Waals surface area contributed by atoms with Crippen LogP contribution in [0.1, 0.15) is 36.8 Å². The first kappa shape index (κ1) is 40.3. The van der Waals surface area contributed by atoms with Gasteiger partial charge >= 0.3 is 0 Å². The van der Waals surface area contributed by atoms with Crippen molar-refractivity contribution < 1.29 is 10.2 Å². The van der Waals surface area contributed by atoms with Crippen LogP contribution in [0, 0.1) is 0 Å². The summed E-state index contributed by atoms with van der Waals surface area (Å²) < 4.78 is 0. The summed E-state index contributed by atoms with van der Waals surface area (Å²) in [4.78, 5) is 7.65. The standard InChI is InChI=1S/C61H50N2O2/c1-63(39-47-37-45-25-11-15-29-51(45)59(61(47)65)57-49-27-13-9-23-43(49)33-35-53(57)41-20-6-3-7-21-41)55-31-17-16-30-54(55)62-38-46-36-44-24-10-14-28-50(44)58(60(46)64)56-48-26-12-8-22-42(48)32-34-52(56)40-18-4-2-5-19-40/h2-15,18-29,32-38,54-55,64-65H,16-17,30-31,39H2,1H3/p-2/t54-,55-/m0/s1. The van der Waals surface area contributed by atoms with Gasteiger partial charge in [0.15, 0.2) is 0 Å². The van der Waals surface area contributed by atoms with E-state index >= 15 is 10.2 Å². The van der Waals surface area contributed by atoms with Crippen LogP contribution in [0.15, 0.2) is 199 Å². The number of hydrogen-bond acceptors (Lipinski definition) is 4. The van der Waals surface area contributed by atoms with Crippen molar-refractivity contribution >= 4 is 49.3 Å². The molecule has 316 valence electrons. The average molecular weight is 841 g/mol. The highest BCUT2D eigenvalue weighted by Gasteiger charge is 2.29. The summed E-state index contributed by atoms with van der Waals surface area (Å²) >= 11 is 0. The molecule has 0 aromatic heterocycles. The molecule has 4 nitrogen and oxygen atoms in total. The van der Waals surface area contributed by atoms with E-state index in [0.717, 1.165) is 113 Å². The summed E-state index contributed by atoms with van der Waals surface area (Å²) in [6.45, 7) is 0.481. The van der Waals surface area contributed by atoms with Gasteiger partial charge in [-0.3, -0.25) is 9.89 Å². The maximum Gasteiger partial charge on any atom is 0.0655 e. The van der Waals surface area contributed by atoms with Crippen molar-refractivity contribution in [1.29, 1.82) is 0 Å². The molecule has 11 rings (SSSR count). The van der Waals surface area contributed by atoms with Crippen LogP contribution < -0.4 is 10.2 Å². The Morgan fingerprint density at radius 3 is 1.48 bits per heavy atom. The smallest absolute Gasteiger partial charge is 0.0655 e. The number of benzene rings is 10. The monoisotopic (exact) mass is 840 g/mol. The van der Waals surface area contributed by atoms with Gasteiger partial charge in [0.25, 0.3) is 0 Å². The lowest BCUT2D eigenvalue weighted by atomic mass is 9.85. The van der Waals surface area contributed by atoms with Crippen molar-refractivity contribution in [2.75, 3.05) is 7.05 Å². The summed E-state index contributed by atoms with van der Waals surface area (Å²) in [6.07, 6.45) is 5.86. The predicted octanol–water partition coefficient (Wildman–Crippen LogP) is 14.0. The Labute approximate surface area is 380 Å². The molecule has 0 aliphatic heterocycles. The van der Waals surface area contributed by atoms with Gasteiger partial charge in [-0.15, -0.1) is 0 Å². The van der Waals surface area contributed by atoms with Crippen LogP contribution in [-0.4, -0.2) is 30.2 Å². The zero-order valence-corrected chi connectivity index (χ0v) is 36.5. The summed E-state index contributed by atoms with van der Waals surface area (Å²) in [5.41, 5.74) is 8.95. The first-order chi connectivity index (χ1) is 32.0. The van der Waals surface area contributed by atoms with Crippen LogP contribution in [0.4, 0.5) is 0 Å². The first-order valence-corrected chi connectivity index (χ1v) is 22.8. The Hall–Kier alpha value is -7.53. The van der Waals surface area contributed by atoms with Crippen LogP contribution in [0.25, 0.3) is 87.6 Å². The third-order valence-corrected chi connectivity index (χ3v) is 13.7. The highest BCUT2D eigenvalue weighted by molar-refractivity contribution is 6.15. The Balaban J connectivity index is 0.986. The minimum atomic E-state index is -0.0433. The van der Waals surface area contributed by atoms with E-state index in [9.17, 15) is 0 Å². The van der Waals surface area contributed by atoms with E-state index in [0.29, 0.717) is 17.7 Å². The van der Waals surface area contributed by atoms with Crippen molar-refractivity contribution in [2.45, 2.75) is 44.3 Å². The summed E-state index contributed by atoms with van der Waals surface area (Å²) in [5, 5.41) is 38.6. The molecule has 0 saturated heterocycles. The van der Waals surface area contributed by atoms with Gasteiger partial charge in [-0.25, -0.2) is 0 Å². The van der Waals surface area contributed by atoms with E-state index in [2.05, 4.69) is 170 Å². The molecular formula is C61H48N2O2-2. The largest absolute Gasteiger partial charge is 0.872 e. The zero-order valence-electron chi connectivity index (χ0n) is 36.5. The lowest BCUT2D eigenvalue weighted by Crippen LogP contribution is -2.42. The maximum atomic E-state index is 15.2. The van der Waals surface area contributed by atoms with E-state index < -0.39 is 0 Å². The van der Waals surface area contributed by atoms with Crippen LogP contribution in [0.3, 0.4) is 0 Å². The fourth-order valence-electron chi connectivity index (χ4n) is 10.6. The number of likely N-dealkylation sites (N-methyl/N-ethyl adjacent to an activating group) is 1. The number of nitrogens with zero attached hydrogens (tertiary/aromatic N) is 2. The molecule has 0 radical (unpaired) electrons. The second-order valence-electron chi connectivity index (χ2n) is 17.6. The summed E-state index contributed by atoms with van der Waals surface area (Å²) in [7, 11) is 2.14. The molecule has 10 aromatic rings. The number of hydrogen-bond donors (Lipinski definition) is 0. The third kappa shape index (κ3) is 7.40. The third-order valence-electron chi connectivity index (χ3n) is 13.7. The van der Waals surface area contributed by atoms with E-state index in [-0.39, 0.29) is 23.6 Å². The van der Waals surface area contributed by atoms with Gasteiger partial charge in [-0.1, -0.05) is 212 Å². The van der Waals surface area contributed by atoms with Gasteiger partial charge in [-0.05, 0) is 125 Å². The molecule has 65 heavy (non-hydrogen) atoms. The lowest BCUT2D eigenvalue weighted by Gasteiger charge is -2.37. The zero-order chi connectivity index (χ0) is 43.9. The van der Waals surface area contributed by atoms with Gasteiger partial charge in [0.1, 0.15) is 0 Å². The first-order valence-electron chi connectivity index (χ1n) is 22.8. The van der Waals surface area contributed by atoms with Crippen molar-refractivity contribution in [1.82, 2.24) is 4.90 Å². The molecule has 1 aliphatic rings. The van der Waals surface area contributed by atoms with Gasteiger partial charge in [0.05, 0.1) is 6.04 Å². The van der Waals surface area contributed by atoms with Crippen molar-refractivity contribution in [3.8, 4) is 56.0 Å². The Kier molecular flexibility index (Phi) is 10.7. The fraction of sp³-hybridized carbons (Fsp3) is 0.131. The Bertz CT molecular complexity index is 3410. The van der Waals surface area contributed by atoms with Gasteiger partial charge in [-0.2, -0.15) is 0 Å². The fourth-order valence-corrected chi connectivity index (χ4v) is 10.6. The molecule has 10 aromatic carbocycles. The normalized spacial score (nSPS) is 15.5.